The molecule has 0 aliphatic carbocycles. The SMILES string of the molecule is O=C1NC(SCc2ccccc2Cl)=NN2C1=c1ccccc1=N[C@H]2c1ccc(-c2ccc([N+](=O)[O-])cc2)o1. The van der Waals surface area contributed by atoms with Gasteiger partial charge >= 0.3 is 0 Å². The van der Waals surface area contributed by atoms with Gasteiger partial charge in [0.2, 0.25) is 6.17 Å². The fourth-order valence-electron chi connectivity index (χ4n) is 4.23. The maximum Gasteiger partial charge on any atom is 0.276 e. The molecule has 2 aliphatic rings. The van der Waals surface area contributed by atoms with E-state index < -0.39 is 11.1 Å². The Morgan fingerprint density at radius 2 is 1.79 bits per heavy atom. The van der Waals surface area contributed by atoms with E-state index in [1.54, 1.807) is 29.3 Å². The van der Waals surface area contributed by atoms with Crippen LogP contribution in [0.3, 0.4) is 0 Å². The second-order valence-corrected chi connectivity index (χ2v) is 9.83. The first-order valence-corrected chi connectivity index (χ1v) is 12.9. The van der Waals surface area contributed by atoms with E-state index in [0.717, 1.165) is 5.56 Å². The summed E-state index contributed by atoms with van der Waals surface area (Å²) < 4.78 is 6.15. The molecule has 0 saturated heterocycles. The third-order valence-electron chi connectivity index (χ3n) is 6.08. The number of amides is 1. The van der Waals surface area contributed by atoms with E-state index in [2.05, 4.69) is 5.32 Å². The number of para-hydroxylation sites is 1. The van der Waals surface area contributed by atoms with Gasteiger partial charge in [0.05, 0.1) is 10.3 Å². The largest absolute Gasteiger partial charge is 0.457 e. The van der Waals surface area contributed by atoms with E-state index in [1.165, 1.54) is 23.9 Å². The molecule has 3 heterocycles. The van der Waals surface area contributed by atoms with Crippen LogP contribution in [0.4, 0.5) is 5.69 Å². The topological polar surface area (TPSA) is 113 Å². The highest BCUT2D eigenvalue weighted by atomic mass is 35.5. The lowest BCUT2D eigenvalue weighted by Crippen LogP contribution is -2.50. The summed E-state index contributed by atoms with van der Waals surface area (Å²) in [5, 5.41) is 22.6. The number of non-ortho nitro benzene ring substituents is 1. The van der Waals surface area contributed by atoms with Crippen LogP contribution in [-0.4, -0.2) is 21.0 Å². The van der Waals surface area contributed by atoms with Gasteiger partial charge in [0.1, 0.15) is 11.5 Å². The molecule has 11 heteroatoms. The standard InChI is InChI=1S/C27H18ClN5O4S/c28-20-7-3-1-5-17(20)15-38-27-30-26(34)24-19-6-2-4-8-21(19)29-25(32(24)31-27)23-14-13-22(37-23)16-9-11-18(12-10-16)33(35)36/h1-14,25H,15H2,(H,30,31,34)/t25-/m1/s1. The summed E-state index contributed by atoms with van der Waals surface area (Å²) in [5.41, 5.74) is 1.97. The van der Waals surface area contributed by atoms with E-state index in [-0.39, 0.29) is 11.6 Å². The monoisotopic (exact) mass is 543 g/mol. The third kappa shape index (κ3) is 4.44. The number of fused-ring (bicyclic) bond motifs is 2. The Morgan fingerprint density at radius 3 is 2.58 bits per heavy atom. The van der Waals surface area contributed by atoms with Crippen LogP contribution in [0.15, 0.2) is 99.4 Å². The van der Waals surface area contributed by atoms with Crippen molar-refractivity contribution in [2.45, 2.75) is 11.9 Å². The summed E-state index contributed by atoms with van der Waals surface area (Å²) in [7, 11) is 0. The second-order valence-electron chi connectivity index (χ2n) is 8.46. The van der Waals surface area contributed by atoms with E-state index in [9.17, 15) is 14.9 Å². The van der Waals surface area contributed by atoms with Crippen molar-refractivity contribution in [2.75, 3.05) is 0 Å². The van der Waals surface area contributed by atoms with Gasteiger partial charge in [0, 0.05) is 33.7 Å². The summed E-state index contributed by atoms with van der Waals surface area (Å²) in [6, 6.07) is 24.5. The summed E-state index contributed by atoms with van der Waals surface area (Å²) in [4.78, 5) is 28.7. The van der Waals surface area contributed by atoms with Crippen LogP contribution >= 0.6 is 23.4 Å². The number of amidine groups is 1. The number of hydrogen-bond acceptors (Lipinski definition) is 8. The van der Waals surface area contributed by atoms with Crippen molar-refractivity contribution in [1.29, 1.82) is 0 Å². The average Bonchev–Trinajstić information content (AvgIpc) is 3.42. The lowest BCUT2D eigenvalue weighted by molar-refractivity contribution is -0.384. The summed E-state index contributed by atoms with van der Waals surface area (Å²) in [5.74, 6) is 1.21. The molecular weight excluding hydrogens is 526 g/mol. The first-order valence-electron chi connectivity index (χ1n) is 11.5. The fourth-order valence-corrected chi connectivity index (χ4v) is 5.37. The third-order valence-corrected chi connectivity index (χ3v) is 7.36. The van der Waals surface area contributed by atoms with Crippen LogP contribution in [0.5, 0.6) is 0 Å². The highest BCUT2D eigenvalue weighted by molar-refractivity contribution is 8.13. The van der Waals surface area contributed by atoms with Gasteiger partial charge in [0.15, 0.2) is 10.9 Å². The first kappa shape index (κ1) is 24.0. The van der Waals surface area contributed by atoms with Gasteiger partial charge in [-0.15, -0.1) is 5.10 Å². The van der Waals surface area contributed by atoms with Gasteiger partial charge < -0.3 is 4.42 Å². The van der Waals surface area contributed by atoms with Crippen molar-refractivity contribution in [3.63, 3.8) is 0 Å². The molecule has 0 spiro atoms. The minimum absolute atomic E-state index is 0.00542. The maximum absolute atomic E-state index is 13.3. The van der Waals surface area contributed by atoms with Crippen LogP contribution in [0.2, 0.25) is 5.02 Å². The number of hydrogen-bond donors (Lipinski definition) is 1. The predicted octanol–water partition coefficient (Wildman–Crippen LogP) is 4.58. The van der Waals surface area contributed by atoms with Crippen molar-refractivity contribution in [2.24, 2.45) is 10.1 Å². The number of benzene rings is 3. The molecule has 0 radical (unpaired) electrons. The highest BCUT2D eigenvalue weighted by Gasteiger charge is 2.36. The number of nitrogens with zero attached hydrogens (tertiary/aromatic N) is 4. The van der Waals surface area contributed by atoms with Crippen LogP contribution in [0.25, 0.3) is 17.0 Å². The van der Waals surface area contributed by atoms with Gasteiger partial charge in [0.25, 0.3) is 11.6 Å². The zero-order valence-electron chi connectivity index (χ0n) is 19.6. The average molecular weight is 544 g/mol. The second kappa shape index (κ2) is 9.81. The van der Waals surface area contributed by atoms with E-state index in [0.29, 0.717) is 49.3 Å². The Hall–Kier alpha value is -4.41. The van der Waals surface area contributed by atoms with E-state index in [1.807, 2.05) is 48.5 Å². The first-order chi connectivity index (χ1) is 18.5. The molecule has 1 aromatic heterocycles. The number of carbonyl (C=O) groups excluding carboxylic acids is 1. The molecule has 0 saturated carbocycles. The van der Waals surface area contributed by atoms with Gasteiger partial charge in [-0.1, -0.05) is 59.8 Å². The maximum atomic E-state index is 13.3. The van der Waals surface area contributed by atoms with Gasteiger partial charge in [-0.25, -0.2) is 10.0 Å². The molecule has 4 aromatic rings. The number of rotatable bonds is 5. The Balaban J connectivity index is 1.37. The summed E-state index contributed by atoms with van der Waals surface area (Å²) in [6.07, 6.45) is -0.728. The van der Waals surface area contributed by atoms with Gasteiger partial charge in [-0.05, 0) is 42.0 Å². The molecule has 1 amide bonds. The quantitative estimate of drug-likeness (QED) is 0.291. The molecule has 1 N–H and O–H groups in total. The van der Waals surface area contributed by atoms with Crippen molar-refractivity contribution in [3.8, 4) is 11.3 Å². The number of carbonyl (C=O) groups is 1. The number of furan rings is 1. The van der Waals surface area contributed by atoms with Crippen molar-refractivity contribution in [1.82, 2.24) is 10.3 Å². The summed E-state index contributed by atoms with van der Waals surface area (Å²) >= 11 is 7.66. The fraction of sp³-hybridized carbons (Fsp3) is 0.0741. The van der Waals surface area contributed by atoms with Crippen LogP contribution in [0, 0.1) is 10.1 Å². The number of nitro benzene ring substituents is 1. The molecule has 2 aliphatic heterocycles. The van der Waals surface area contributed by atoms with Crippen LogP contribution < -0.4 is 15.9 Å². The molecule has 38 heavy (non-hydrogen) atoms. The Kier molecular flexibility index (Phi) is 6.18. The highest BCUT2D eigenvalue weighted by Crippen LogP contribution is 2.34. The smallest absolute Gasteiger partial charge is 0.276 e. The number of thioether (sulfide) groups is 1. The predicted molar refractivity (Wildman–Crippen MR) is 144 cm³/mol. The number of nitro groups is 1. The van der Waals surface area contributed by atoms with Crippen LogP contribution in [-0.2, 0) is 10.5 Å². The molecule has 0 bridgehead atoms. The molecule has 0 fully saturated rings. The molecule has 188 valence electrons. The Bertz CT molecular complexity index is 1730. The zero-order valence-corrected chi connectivity index (χ0v) is 21.1. The number of halogens is 1. The van der Waals surface area contributed by atoms with E-state index >= 15 is 0 Å². The minimum Gasteiger partial charge on any atom is -0.457 e. The van der Waals surface area contributed by atoms with Crippen LogP contribution in [0.1, 0.15) is 17.5 Å². The molecule has 0 unspecified atom stereocenters. The summed E-state index contributed by atoms with van der Waals surface area (Å²) in [6.45, 7) is 0. The van der Waals surface area contributed by atoms with Gasteiger partial charge in [-0.3, -0.25) is 20.2 Å². The minimum atomic E-state index is -0.728. The molecule has 9 nitrogen and oxygen atoms in total. The normalized spacial score (nSPS) is 16.2. The lowest BCUT2D eigenvalue weighted by Gasteiger charge is -2.32. The molecule has 1 atom stereocenters. The molecular formula is C27H18ClN5O4S. The lowest BCUT2D eigenvalue weighted by atomic mass is 10.1. The van der Waals surface area contributed by atoms with Crippen molar-refractivity contribution >= 4 is 45.8 Å². The zero-order chi connectivity index (χ0) is 26.2. The van der Waals surface area contributed by atoms with Gasteiger partial charge in [-0.2, -0.15) is 0 Å². The Morgan fingerprint density at radius 1 is 1.03 bits per heavy atom. The Labute approximate surface area is 225 Å². The van der Waals surface area contributed by atoms with Crippen molar-refractivity contribution in [3.05, 3.63) is 122 Å². The number of hydrazone groups is 1. The van der Waals surface area contributed by atoms with E-state index in [4.69, 9.17) is 26.1 Å². The molecule has 3 aromatic carbocycles. The van der Waals surface area contributed by atoms with Crippen molar-refractivity contribution < 1.29 is 14.1 Å². The number of nitrogens with one attached hydrogen (secondary N) is 1. The molecule has 6 rings (SSSR count).